The molecular weight excluding hydrogens is 235 g/mol. The number of halogens is 2. The molecule has 2 unspecified atom stereocenters. The summed E-state index contributed by atoms with van der Waals surface area (Å²) in [6, 6.07) is 1.26. The van der Waals surface area contributed by atoms with E-state index in [9.17, 15) is 14.6 Å². The summed E-state index contributed by atoms with van der Waals surface area (Å²) in [5.41, 5.74) is -0.0869. The molecule has 0 aliphatic heterocycles. The highest BCUT2D eigenvalue weighted by molar-refractivity contribution is 6.30. The first kappa shape index (κ1) is 13.3. The van der Waals surface area contributed by atoms with E-state index in [1.54, 1.807) is 7.05 Å². The summed E-state index contributed by atoms with van der Waals surface area (Å²) in [4.78, 5) is 3.38. The molecule has 1 aromatic heterocycles. The van der Waals surface area contributed by atoms with E-state index in [1.807, 2.05) is 0 Å². The summed E-state index contributed by atoms with van der Waals surface area (Å²) < 4.78 is 13.2. The van der Waals surface area contributed by atoms with Gasteiger partial charge in [-0.05, 0) is 26.1 Å². The first-order valence-corrected chi connectivity index (χ1v) is 5.25. The third-order valence-electron chi connectivity index (χ3n) is 2.21. The first-order chi connectivity index (χ1) is 7.56. The monoisotopic (exact) mass is 248 g/mol. The standard InChI is InChI=1S/C10H14ClFN2O2/c1-13-3-2-8(15)9(16)7-4-6(11)5-14-10(7)12/h4-5,8-9,13,15-16H,2-3H2,1H3. The van der Waals surface area contributed by atoms with Crippen molar-refractivity contribution in [3.8, 4) is 0 Å². The van der Waals surface area contributed by atoms with E-state index in [0.29, 0.717) is 13.0 Å². The minimum atomic E-state index is -1.32. The number of aromatic nitrogens is 1. The zero-order valence-electron chi connectivity index (χ0n) is 8.82. The van der Waals surface area contributed by atoms with Gasteiger partial charge in [-0.25, -0.2) is 4.98 Å². The van der Waals surface area contributed by atoms with Crippen molar-refractivity contribution in [3.63, 3.8) is 0 Å². The van der Waals surface area contributed by atoms with Gasteiger partial charge in [0.15, 0.2) is 0 Å². The van der Waals surface area contributed by atoms with Crippen LogP contribution in [0.4, 0.5) is 4.39 Å². The number of rotatable bonds is 5. The topological polar surface area (TPSA) is 65.4 Å². The minimum absolute atomic E-state index is 0.0869. The Balaban J connectivity index is 2.78. The van der Waals surface area contributed by atoms with Crippen LogP contribution in [-0.2, 0) is 0 Å². The van der Waals surface area contributed by atoms with Gasteiger partial charge in [0.05, 0.1) is 11.1 Å². The van der Waals surface area contributed by atoms with Gasteiger partial charge in [0, 0.05) is 11.8 Å². The molecule has 0 fully saturated rings. The van der Waals surface area contributed by atoms with E-state index < -0.39 is 18.2 Å². The smallest absolute Gasteiger partial charge is 0.218 e. The van der Waals surface area contributed by atoms with Crippen molar-refractivity contribution in [3.05, 3.63) is 28.8 Å². The molecule has 90 valence electrons. The predicted octanol–water partition coefficient (Wildman–Crippen LogP) is 0.878. The lowest BCUT2D eigenvalue weighted by Crippen LogP contribution is -2.24. The number of nitrogens with one attached hydrogen (secondary N) is 1. The maximum atomic E-state index is 13.2. The van der Waals surface area contributed by atoms with Gasteiger partial charge in [-0.15, -0.1) is 0 Å². The van der Waals surface area contributed by atoms with Crippen molar-refractivity contribution in [1.29, 1.82) is 0 Å². The highest BCUT2D eigenvalue weighted by atomic mass is 35.5. The number of hydrogen-bond donors (Lipinski definition) is 3. The van der Waals surface area contributed by atoms with Gasteiger partial charge in [-0.3, -0.25) is 0 Å². The third-order valence-corrected chi connectivity index (χ3v) is 2.41. The third kappa shape index (κ3) is 3.38. The molecule has 0 radical (unpaired) electrons. The Morgan fingerprint density at radius 2 is 2.25 bits per heavy atom. The average Bonchev–Trinajstić information content (AvgIpc) is 2.28. The van der Waals surface area contributed by atoms with E-state index in [2.05, 4.69) is 10.3 Å². The lowest BCUT2D eigenvalue weighted by molar-refractivity contribution is 0.0116. The Hall–Kier alpha value is -0.750. The first-order valence-electron chi connectivity index (χ1n) is 4.88. The van der Waals surface area contributed by atoms with E-state index in [4.69, 9.17) is 11.6 Å². The molecule has 0 saturated heterocycles. The van der Waals surface area contributed by atoms with E-state index in [1.165, 1.54) is 6.07 Å². The van der Waals surface area contributed by atoms with Gasteiger partial charge in [0.2, 0.25) is 5.95 Å². The molecule has 3 N–H and O–H groups in total. The zero-order valence-corrected chi connectivity index (χ0v) is 9.58. The van der Waals surface area contributed by atoms with Crippen LogP contribution in [0, 0.1) is 5.95 Å². The summed E-state index contributed by atoms with van der Waals surface area (Å²) in [7, 11) is 1.72. The largest absolute Gasteiger partial charge is 0.390 e. The summed E-state index contributed by atoms with van der Waals surface area (Å²) in [6.45, 7) is 0.522. The lowest BCUT2D eigenvalue weighted by atomic mass is 10.0. The Morgan fingerprint density at radius 3 is 2.88 bits per heavy atom. The van der Waals surface area contributed by atoms with Crippen molar-refractivity contribution in [2.75, 3.05) is 13.6 Å². The molecule has 4 nitrogen and oxygen atoms in total. The lowest BCUT2D eigenvalue weighted by Gasteiger charge is -2.18. The molecule has 6 heteroatoms. The molecule has 1 rings (SSSR count). The Kier molecular flexibility index (Phi) is 5.08. The second-order valence-corrected chi connectivity index (χ2v) is 3.87. The minimum Gasteiger partial charge on any atom is -0.390 e. The fourth-order valence-corrected chi connectivity index (χ4v) is 1.47. The highest BCUT2D eigenvalue weighted by Gasteiger charge is 2.22. The molecule has 0 amide bonds. The molecule has 16 heavy (non-hydrogen) atoms. The van der Waals surface area contributed by atoms with Crippen molar-refractivity contribution in [2.24, 2.45) is 0 Å². The van der Waals surface area contributed by atoms with Gasteiger partial charge < -0.3 is 15.5 Å². The molecule has 0 bridgehead atoms. The van der Waals surface area contributed by atoms with Crippen LogP contribution in [0.3, 0.4) is 0 Å². The van der Waals surface area contributed by atoms with Crippen LogP contribution in [0.15, 0.2) is 12.3 Å². The number of aliphatic hydroxyl groups is 2. The maximum Gasteiger partial charge on any atom is 0.218 e. The van der Waals surface area contributed by atoms with E-state index >= 15 is 0 Å². The zero-order chi connectivity index (χ0) is 12.1. The molecule has 0 aliphatic carbocycles. The molecule has 0 aliphatic rings. The summed E-state index contributed by atoms with van der Waals surface area (Å²) in [5.74, 6) is -0.819. The van der Waals surface area contributed by atoms with Crippen molar-refractivity contribution >= 4 is 11.6 Å². The quantitative estimate of drug-likeness (QED) is 0.677. The molecule has 0 aromatic carbocycles. The average molecular weight is 249 g/mol. The number of aliphatic hydroxyl groups excluding tert-OH is 2. The van der Waals surface area contributed by atoms with E-state index in [0.717, 1.165) is 6.20 Å². The maximum absolute atomic E-state index is 13.2. The SMILES string of the molecule is CNCCC(O)C(O)c1cc(Cl)cnc1F. The van der Waals surface area contributed by atoms with Crippen LogP contribution >= 0.6 is 11.6 Å². The van der Waals surface area contributed by atoms with Crippen LogP contribution in [-0.4, -0.2) is 34.9 Å². The molecular formula is C10H14ClFN2O2. The Labute approximate surface area is 98.1 Å². The normalized spacial score (nSPS) is 14.8. The fraction of sp³-hybridized carbons (Fsp3) is 0.500. The fourth-order valence-electron chi connectivity index (χ4n) is 1.30. The van der Waals surface area contributed by atoms with Crippen LogP contribution in [0.1, 0.15) is 18.1 Å². The highest BCUT2D eigenvalue weighted by Crippen LogP contribution is 2.23. The number of pyridine rings is 1. The van der Waals surface area contributed by atoms with Crippen molar-refractivity contribution in [2.45, 2.75) is 18.6 Å². The van der Waals surface area contributed by atoms with Crippen molar-refractivity contribution in [1.82, 2.24) is 10.3 Å². The van der Waals surface area contributed by atoms with Crippen LogP contribution in [0.2, 0.25) is 5.02 Å². The summed E-state index contributed by atoms with van der Waals surface area (Å²) >= 11 is 5.64. The van der Waals surface area contributed by atoms with Gasteiger partial charge in [0.25, 0.3) is 0 Å². The van der Waals surface area contributed by atoms with Gasteiger partial charge in [0.1, 0.15) is 6.10 Å². The molecule has 2 atom stereocenters. The van der Waals surface area contributed by atoms with Gasteiger partial charge in [-0.1, -0.05) is 11.6 Å². The van der Waals surface area contributed by atoms with Crippen LogP contribution in [0.5, 0.6) is 0 Å². The second kappa shape index (κ2) is 6.10. The predicted molar refractivity (Wildman–Crippen MR) is 58.7 cm³/mol. The van der Waals surface area contributed by atoms with Crippen molar-refractivity contribution < 1.29 is 14.6 Å². The summed E-state index contributed by atoms with van der Waals surface area (Å²) in [5, 5.41) is 22.3. The molecule has 1 aromatic rings. The van der Waals surface area contributed by atoms with Crippen LogP contribution in [0.25, 0.3) is 0 Å². The second-order valence-electron chi connectivity index (χ2n) is 3.44. The Morgan fingerprint density at radius 1 is 1.56 bits per heavy atom. The number of hydrogen-bond acceptors (Lipinski definition) is 4. The van der Waals surface area contributed by atoms with Gasteiger partial charge >= 0.3 is 0 Å². The van der Waals surface area contributed by atoms with E-state index in [-0.39, 0.29) is 10.6 Å². The van der Waals surface area contributed by atoms with Gasteiger partial charge in [-0.2, -0.15) is 4.39 Å². The summed E-state index contributed by atoms with van der Waals surface area (Å²) in [6.07, 6.45) is -0.918. The van der Waals surface area contributed by atoms with Crippen LogP contribution < -0.4 is 5.32 Å². The Bertz CT molecular complexity index is 352. The molecule has 0 spiro atoms. The molecule has 0 saturated carbocycles. The number of nitrogens with zero attached hydrogens (tertiary/aromatic N) is 1. The molecule has 1 heterocycles.